The van der Waals surface area contributed by atoms with Crippen LogP contribution in [0.5, 0.6) is 0 Å². The van der Waals surface area contributed by atoms with Gasteiger partial charge in [-0.1, -0.05) is 54.1 Å². The molecule has 3 aromatic rings. The molecule has 1 N–H and O–H groups in total. The summed E-state index contributed by atoms with van der Waals surface area (Å²) >= 11 is 5.95. The summed E-state index contributed by atoms with van der Waals surface area (Å²) in [5.41, 5.74) is 1.41. The summed E-state index contributed by atoms with van der Waals surface area (Å²) in [5, 5.41) is 0.144. The van der Waals surface area contributed by atoms with Gasteiger partial charge in [0.05, 0.1) is 5.02 Å². The number of ketones is 1. The SMILES string of the molecule is O=C(c1ccccc1)c1ccc(NS(=O)(=O)c2ccccc2Cl)cc1. The smallest absolute Gasteiger partial charge is 0.263 e. The fourth-order valence-corrected chi connectivity index (χ4v) is 3.90. The number of anilines is 1. The standard InChI is InChI=1S/C19H14ClNO3S/c20-17-8-4-5-9-18(17)25(23,24)21-16-12-10-15(11-13-16)19(22)14-6-2-1-3-7-14/h1-13,21H. The van der Waals surface area contributed by atoms with Crippen molar-refractivity contribution >= 4 is 33.1 Å². The van der Waals surface area contributed by atoms with Crippen LogP contribution in [0, 0.1) is 0 Å². The minimum absolute atomic E-state index is 0.00102. The molecule has 0 aliphatic heterocycles. The fraction of sp³-hybridized carbons (Fsp3) is 0. The van der Waals surface area contributed by atoms with Crippen LogP contribution in [0.1, 0.15) is 15.9 Å². The number of carbonyl (C=O) groups excluding carboxylic acids is 1. The molecule has 0 spiro atoms. The lowest BCUT2D eigenvalue weighted by Crippen LogP contribution is -2.13. The lowest BCUT2D eigenvalue weighted by atomic mass is 10.0. The minimum Gasteiger partial charge on any atom is -0.289 e. The molecule has 3 rings (SSSR count). The molecule has 0 amide bonds. The highest BCUT2D eigenvalue weighted by Gasteiger charge is 2.17. The van der Waals surface area contributed by atoms with Gasteiger partial charge in [0.2, 0.25) is 0 Å². The van der Waals surface area contributed by atoms with E-state index in [9.17, 15) is 13.2 Å². The van der Waals surface area contributed by atoms with E-state index in [2.05, 4.69) is 4.72 Å². The molecule has 0 saturated carbocycles. The van der Waals surface area contributed by atoms with E-state index in [-0.39, 0.29) is 15.7 Å². The molecule has 0 radical (unpaired) electrons. The Labute approximate surface area is 151 Å². The Kier molecular flexibility index (Phi) is 4.88. The first-order valence-electron chi connectivity index (χ1n) is 7.44. The minimum atomic E-state index is -3.80. The Balaban J connectivity index is 1.82. The van der Waals surface area contributed by atoms with Gasteiger partial charge >= 0.3 is 0 Å². The first-order chi connectivity index (χ1) is 12.0. The van der Waals surface area contributed by atoms with Crippen molar-refractivity contribution in [2.45, 2.75) is 4.90 Å². The topological polar surface area (TPSA) is 63.2 Å². The fourth-order valence-electron chi connectivity index (χ4n) is 2.32. The molecule has 0 aliphatic rings. The number of hydrogen-bond donors (Lipinski definition) is 1. The van der Waals surface area contributed by atoms with Crippen LogP contribution in [0.15, 0.2) is 83.8 Å². The molecule has 6 heteroatoms. The maximum atomic E-state index is 12.4. The molecule has 0 bridgehead atoms. The molecule has 0 aliphatic carbocycles. The third-order valence-electron chi connectivity index (χ3n) is 3.56. The average molecular weight is 372 g/mol. The number of halogens is 1. The van der Waals surface area contributed by atoms with E-state index in [1.165, 1.54) is 12.1 Å². The Morgan fingerprint density at radius 2 is 1.32 bits per heavy atom. The van der Waals surface area contributed by atoms with Crippen LogP contribution >= 0.6 is 11.6 Å². The number of nitrogens with one attached hydrogen (secondary N) is 1. The van der Waals surface area contributed by atoms with E-state index in [4.69, 9.17) is 11.6 Å². The van der Waals surface area contributed by atoms with Crippen molar-refractivity contribution in [3.05, 3.63) is 95.0 Å². The highest BCUT2D eigenvalue weighted by atomic mass is 35.5. The van der Waals surface area contributed by atoms with Gasteiger partial charge in [0, 0.05) is 16.8 Å². The molecule has 25 heavy (non-hydrogen) atoms. The molecule has 0 saturated heterocycles. The van der Waals surface area contributed by atoms with Crippen molar-refractivity contribution in [3.63, 3.8) is 0 Å². The number of carbonyl (C=O) groups is 1. The van der Waals surface area contributed by atoms with Crippen LogP contribution in [-0.4, -0.2) is 14.2 Å². The Morgan fingerprint density at radius 3 is 1.96 bits per heavy atom. The van der Waals surface area contributed by atoms with Gasteiger partial charge in [-0.25, -0.2) is 8.42 Å². The quantitative estimate of drug-likeness (QED) is 0.677. The summed E-state index contributed by atoms with van der Waals surface area (Å²) in [6.45, 7) is 0. The van der Waals surface area contributed by atoms with Gasteiger partial charge in [0.15, 0.2) is 5.78 Å². The summed E-state index contributed by atoms with van der Waals surface area (Å²) in [4.78, 5) is 12.4. The molecule has 4 nitrogen and oxygen atoms in total. The normalized spacial score (nSPS) is 11.1. The van der Waals surface area contributed by atoms with Gasteiger partial charge in [-0.15, -0.1) is 0 Å². The van der Waals surface area contributed by atoms with Gasteiger partial charge in [0.25, 0.3) is 10.0 Å². The Morgan fingerprint density at radius 1 is 0.760 bits per heavy atom. The van der Waals surface area contributed by atoms with E-state index in [0.29, 0.717) is 16.8 Å². The summed E-state index contributed by atoms with van der Waals surface area (Å²) in [6.07, 6.45) is 0. The zero-order valence-corrected chi connectivity index (χ0v) is 14.6. The van der Waals surface area contributed by atoms with Gasteiger partial charge in [-0.3, -0.25) is 9.52 Å². The molecule has 0 unspecified atom stereocenters. The average Bonchev–Trinajstić information content (AvgIpc) is 2.62. The molecule has 3 aromatic carbocycles. The Hall–Kier alpha value is -2.63. The van der Waals surface area contributed by atoms with Crippen molar-refractivity contribution in [2.75, 3.05) is 4.72 Å². The molecule has 0 atom stereocenters. The predicted octanol–water partition coefficient (Wildman–Crippen LogP) is 4.37. The van der Waals surface area contributed by atoms with Crippen LogP contribution in [-0.2, 0) is 10.0 Å². The lowest BCUT2D eigenvalue weighted by molar-refractivity contribution is 0.103. The maximum Gasteiger partial charge on any atom is 0.263 e. The first kappa shape index (κ1) is 17.2. The molecular formula is C19H14ClNO3S. The zero-order chi connectivity index (χ0) is 17.9. The summed E-state index contributed by atoms with van der Waals surface area (Å²) in [5.74, 6) is -0.124. The van der Waals surface area contributed by atoms with Crippen LogP contribution < -0.4 is 4.72 Å². The summed E-state index contributed by atoms with van der Waals surface area (Å²) < 4.78 is 27.3. The van der Waals surface area contributed by atoms with Gasteiger partial charge in [-0.2, -0.15) is 0 Å². The van der Waals surface area contributed by atoms with Crippen LogP contribution in [0.25, 0.3) is 0 Å². The molecule has 0 heterocycles. The molecule has 126 valence electrons. The van der Waals surface area contributed by atoms with Gasteiger partial charge in [0.1, 0.15) is 4.90 Å². The van der Waals surface area contributed by atoms with E-state index >= 15 is 0 Å². The second-order valence-corrected chi connectivity index (χ2v) is 7.37. The molecular weight excluding hydrogens is 358 g/mol. The Bertz CT molecular complexity index is 1000. The van der Waals surface area contributed by atoms with E-state index in [1.807, 2.05) is 6.07 Å². The van der Waals surface area contributed by atoms with Crippen molar-refractivity contribution in [3.8, 4) is 0 Å². The van der Waals surface area contributed by atoms with Gasteiger partial charge < -0.3 is 0 Å². The third-order valence-corrected chi connectivity index (χ3v) is 5.44. The molecule has 0 fully saturated rings. The van der Waals surface area contributed by atoms with Crippen LogP contribution in [0.3, 0.4) is 0 Å². The number of rotatable bonds is 5. The largest absolute Gasteiger partial charge is 0.289 e. The summed E-state index contributed by atoms with van der Waals surface area (Å²) in [6, 6.07) is 21.3. The number of sulfonamides is 1. The monoisotopic (exact) mass is 371 g/mol. The zero-order valence-electron chi connectivity index (χ0n) is 13.0. The van der Waals surface area contributed by atoms with Crippen LogP contribution in [0.2, 0.25) is 5.02 Å². The van der Waals surface area contributed by atoms with Crippen molar-refractivity contribution in [1.29, 1.82) is 0 Å². The predicted molar refractivity (Wildman–Crippen MR) is 98.6 cm³/mol. The first-order valence-corrected chi connectivity index (χ1v) is 9.31. The summed E-state index contributed by atoms with van der Waals surface area (Å²) in [7, 11) is -3.80. The van der Waals surface area contributed by atoms with Crippen molar-refractivity contribution in [2.24, 2.45) is 0 Å². The highest BCUT2D eigenvalue weighted by molar-refractivity contribution is 7.92. The lowest BCUT2D eigenvalue weighted by Gasteiger charge is -2.10. The highest BCUT2D eigenvalue weighted by Crippen LogP contribution is 2.23. The van der Waals surface area contributed by atoms with E-state index in [1.54, 1.807) is 60.7 Å². The van der Waals surface area contributed by atoms with Gasteiger partial charge in [-0.05, 0) is 36.4 Å². The number of hydrogen-bond acceptors (Lipinski definition) is 3. The number of benzene rings is 3. The second kappa shape index (κ2) is 7.09. The van der Waals surface area contributed by atoms with E-state index < -0.39 is 10.0 Å². The van der Waals surface area contributed by atoms with Crippen molar-refractivity contribution in [1.82, 2.24) is 0 Å². The van der Waals surface area contributed by atoms with Crippen LogP contribution in [0.4, 0.5) is 5.69 Å². The maximum absolute atomic E-state index is 12.4. The third kappa shape index (κ3) is 3.90. The van der Waals surface area contributed by atoms with Crippen molar-refractivity contribution < 1.29 is 13.2 Å². The van der Waals surface area contributed by atoms with E-state index in [0.717, 1.165) is 0 Å². The molecule has 0 aromatic heterocycles. The second-order valence-electron chi connectivity index (χ2n) is 5.31.